The molecule has 1 aliphatic rings. The summed E-state index contributed by atoms with van der Waals surface area (Å²) >= 11 is 0. The number of fused-ring (bicyclic) bond motifs is 1. The van der Waals surface area contributed by atoms with Crippen LogP contribution < -0.4 is 46.1 Å². The fraction of sp³-hybridized carbons (Fsp3) is 0.0714. The monoisotopic (exact) mass is 826 g/mol. The Morgan fingerprint density at radius 2 is 0.950 bits per heavy atom. The number of carbonyl (C=O) groups excluding carboxylic acids is 3. The molecule has 6 aromatic rings. The van der Waals surface area contributed by atoms with Crippen LogP contribution in [-0.4, -0.2) is 47.3 Å². The molecule has 0 fully saturated rings. The third-order valence-corrected chi connectivity index (χ3v) is 8.06. The summed E-state index contributed by atoms with van der Waals surface area (Å²) in [5.74, 6) is -2.47. The van der Waals surface area contributed by atoms with Crippen LogP contribution in [0.1, 0.15) is 5.56 Å². The summed E-state index contributed by atoms with van der Waals surface area (Å²) in [6.07, 6.45) is 0. The van der Waals surface area contributed by atoms with Crippen molar-refractivity contribution in [2.75, 3.05) is 45.8 Å². The average molecular weight is 827 g/mol. The molecule has 0 saturated heterocycles. The van der Waals surface area contributed by atoms with Crippen LogP contribution in [0.25, 0.3) is 0 Å². The van der Waals surface area contributed by atoms with E-state index in [4.69, 9.17) is 14.2 Å². The first-order valence-corrected chi connectivity index (χ1v) is 17.6. The first kappa shape index (κ1) is 42.9. The van der Waals surface area contributed by atoms with Gasteiger partial charge in [0.25, 0.3) is 0 Å². The number of phenolic OH excluding ortho intramolecular Hbond substituents is 3. The van der Waals surface area contributed by atoms with Gasteiger partial charge in [0, 0.05) is 29.2 Å². The van der Waals surface area contributed by atoms with Crippen molar-refractivity contribution in [1.82, 2.24) is 0 Å². The van der Waals surface area contributed by atoms with Crippen LogP contribution in [0.2, 0.25) is 0 Å². The van der Waals surface area contributed by atoms with E-state index in [0.717, 1.165) is 23.8 Å². The molecule has 6 aromatic carbocycles. The van der Waals surface area contributed by atoms with Crippen molar-refractivity contribution in [1.29, 1.82) is 0 Å². The lowest BCUT2D eigenvalue weighted by atomic mass is 10.2. The molecule has 15 nitrogen and oxygen atoms in total. The number of hydrogen-bond acceptors (Lipinski definition) is 9. The maximum atomic E-state index is 13.2. The van der Waals surface area contributed by atoms with Crippen LogP contribution in [0, 0.1) is 24.4 Å². The van der Waals surface area contributed by atoms with E-state index in [-0.39, 0.29) is 23.9 Å². The number of aryl methyl sites for hydroxylation is 1. The predicted octanol–water partition coefficient (Wildman–Crippen LogP) is 9.57. The number of urea groups is 3. The largest absolute Gasteiger partial charge is 0.503 e. The Morgan fingerprint density at radius 1 is 0.517 bits per heavy atom. The number of nitrogens with one attached hydrogen (secondary N) is 6. The van der Waals surface area contributed by atoms with Crippen LogP contribution in [0.4, 0.5) is 61.7 Å². The fourth-order valence-electron chi connectivity index (χ4n) is 5.08. The molecule has 1 heterocycles. The summed E-state index contributed by atoms with van der Waals surface area (Å²) in [7, 11) is 1.52. The zero-order valence-electron chi connectivity index (χ0n) is 31.7. The van der Waals surface area contributed by atoms with Gasteiger partial charge >= 0.3 is 18.1 Å². The maximum Gasteiger partial charge on any atom is 0.323 e. The van der Waals surface area contributed by atoms with Crippen molar-refractivity contribution in [3.05, 3.63) is 144 Å². The van der Waals surface area contributed by atoms with E-state index in [1.54, 1.807) is 54.6 Å². The highest BCUT2D eigenvalue weighted by atomic mass is 19.1. The van der Waals surface area contributed by atoms with E-state index in [0.29, 0.717) is 34.3 Å². The number of hydrogen-bond donors (Lipinski definition) is 9. The molecule has 6 amide bonds. The molecule has 310 valence electrons. The average Bonchev–Trinajstić information content (AvgIpc) is 3.70. The first-order valence-electron chi connectivity index (χ1n) is 17.6. The zero-order valence-corrected chi connectivity index (χ0v) is 31.7. The number of amides is 6. The van der Waals surface area contributed by atoms with Crippen molar-refractivity contribution in [2.24, 2.45) is 0 Å². The third-order valence-electron chi connectivity index (χ3n) is 8.06. The van der Waals surface area contributed by atoms with Crippen molar-refractivity contribution in [3.63, 3.8) is 0 Å². The van der Waals surface area contributed by atoms with Gasteiger partial charge in [-0.2, -0.15) is 0 Å². The van der Waals surface area contributed by atoms with Gasteiger partial charge in [-0.15, -0.1) is 0 Å². The molecule has 0 spiro atoms. The highest BCUT2D eigenvalue weighted by Gasteiger charge is 2.16. The van der Waals surface area contributed by atoms with Crippen molar-refractivity contribution >= 4 is 52.2 Å². The fourth-order valence-corrected chi connectivity index (χ4v) is 5.08. The highest BCUT2D eigenvalue weighted by molar-refractivity contribution is 6.02. The molecule has 0 saturated carbocycles. The van der Waals surface area contributed by atoms with Gasteiger partial charge in [0.05, 0.1) is 24.2 Å². The number of aromatic hydroxyl groups is 3. The summed E-state index contributed by atoms with van der Waals surface area (Å²) in [5.41, 5.74) is 2.53. The molecule has 0 aromatic heterocycles. The maximum absolute atomic E-state index is 13.2. The van der Waals surface area contributed by atoms with Crippen molar-refractivity contribution in [3.8, 4) is 34.5 Å². The molecule has 7 rings (SSSR count). The number of benzene rings is 6. The molecule has 60 heavy (non-hydrogen) atoms. The Labute approximate surface area is 340 Å². The topological polar surface area (TPSA) is 212 Å². The Balaban J connectivity index is 0.000000171. The Kier molecular flexibility index (Phi) is 14.5. The van der Waals surface area contributed by atoms with E-state index < -0.39 is 52.8 Å². The standard InChI is InChI=1S/C14H11FN2O4.C14H13FN2O3.C14H13FN2O2/c15-9-2-1-3-10(13(9)18)17-14(19)16-8-4-5-11-12(6-8)21-7-20-11;1-20-10-5-2-4-9(8-10)16-14(19)17-12-7-3-6-11(15)13(12)18;1-9-5-2-3-7-11(9)16-14(19)17-12-8-4-6-10(15)13(12)18/h1-6,18H,7H2,(H2,16,17,19);2-8,18H,1H3,(H2,16,17,19);2-8,18H,1H3,(H2,16,17,19). The molecular formula is C42H37F3N6O9. The minimum Gasteiger partial charge on any atom is -0.503 e. The number of ether oxygens (including phenoxy) is 3. The van der Waals surface area contributed by atoms with E-state index in [1.807, 2.05) is 19.1 Å². The highest BCUT2D eigenvalue weighted by Crippen LogP contribution is 2.34. The predicted molar refractivity (Wildman–Crippen MR) is 219 cm³/mol. The number of methoxy groups -OCH3 is 1. The molecule has 1 aliphatic heterocycles. The van der Waals surface area contributed by atoms with Gasteiger partial charge in [0.15, 0.2) is 46.2 Å². The summed E-state index contributed by atoms with van der Waals surface area (Å²) < 4.78 is 54.7. The van der Waals surface area contributed by atoms with Crippen LogP contribution >= 0.6 is 0 Å². The molecule has 9 N–H and O–H groups in total. The van der Waals surface area contributed by atoms with Crippen molar-refractivity contribution < 1.29 is 57.1 Å². The number of rotatable bonds is 7. The second-order valence-electron chi connectivity index (χ2n) is 12.3. The van der Waals surface area contributed by atoms with Crippen LogP contribution in [0.15, 0.2) is 121 Å². The molecule has 18 heteroatoms. The molecule has 0 radical (unpaired) electrons. The van der Waals surface area contributed by atoms with E-state index in [9.17, 15) is 42.9 Å². The number of halogens is 3. The molecule has 0 bridgehead atoms. The number of phenols is 3. The van der Waals surface area contributed by atoms with Gasteiger partial charge in [-0.1, -0.05) is 42.5 Å². The second-order valence-corrected chi connectivity index (χ2v) is 12.3. The van der Waals surface area contributed by atoms with Crippen LogP contribution in [0.5, 0.6) is 34.5 Å². The van der Waals surface area contributed by atoms with Gasteiger partial charge in [-0.05, 0) is 79.2 Å². The van der Waals surface area contributed by atoms with Gasteiger partial charge in [-0.3, -0.25) is 0 Å². The Hall–Kier alpha value is -8.28. The molecule has 0 atom stereocenters. The summed E-state index contributed by atoms with van der Waals surface area (Å²) in [6, 6.07) is 28.8. The summed E-state index contributed by atoms with van der Waals surface area (Å²) in [6.45, 7) is 2.00. The van der Waals surface area contributed by atoms with Crippen LogP contribution in [-0.2, 0) is 0 Å². The smallest absolute Gasteiger partial charge is 0.323 e. The van der Waals surface area contributed by atoms with E-state index in [1.165, 1.54) is 43.5 Å². The lowest BCUT2D eigenvalue weighted by molar-refractivity contribution is 0.174. The van der Waals surface area contributed by atoms with E-state index >= 15 is 0 Å². The third kappa shape index (κ3) is 11.9. The SMILES string of the molecule is COc1cccc(NC(=O)Nc2cccc(F)c2O)c1.Cc1ccccc1NC(=O)Nc1cccc(F)c1O.O=C(Nc1ccc2c(c1)OCO2)Nc1cccc(F)c1O. The molecular weight excluding hydrogens is 789 g/mol. The van der Waals surface area contributed by atoms with Gasteiger partial charge in [0.1, 0.15) is 5.75 Å². The Bertz CT molecular complexity index is 2490. The minimum absolute atomic E-state index is 0.00889. The lowest BCUT2D eigenvalue weighted by Gasteiger charge is -2.10. The molecule has 0 aliphatic carbocycles. The Morgan fingerprint density at radius 3 is 1.47 bits per heavy atom. The summed E-state index contributed by atoms with van der Waals surface area (Å²) in [5, 5.41) is 43.2. The quantitative estimate of drug-likeness (QED) is 0.0701. The minimum atomic E-state index is -0.809. The van der Waals surface area contributed by atoms with Gasteiger partial charge in [-0.25, -0.2) is 27.6 Å². The number of carbonyl (C=O) groups is 3. The lowest BCUT2D eigenvalue weighted by Crippen LogP contribution is -2.20. The number of anilines is 6. The van der Waals surface area contributed by atoms with Gasteiger partial charge in [0.2, 0.25) is 6.79 Å². The summed E-state index contributed by atoms with van der Waals surface area (Å²) in [4.78, 5) is 35.3. The second kappa shape index (κ2) is 20.2. The van der Waals surface area contributed by atoms with E-state index in [2.05, 4.69) is 31.9 Å². The van der Waals surface area contributed by atoms with Gasteiger partial charge < -0.3 is 61.4 Å². The first-order chi connectivity index (χ1) is 28.8. The number of para-hydroxylation sites is 4. The van der Waals surface area contributed by atoms with Crippen LogP contribution in [0.3, 0.4) is 0 Å². The van der Waals surface area contributed by atoms with Crippen molar-refractivity contribution in [2.45, 2.75) is 6.92 Å². The normalized spacial score (nSPS) is 10.7. The molecule has 0 unspecified atom stereocenters. The zero-order chi connectivity index (χ0) is 43.2.